The number of aliphatic carboxylic acids is 1. The zero-order valence-electron chi connectivity index (χ0n) is 7.79. The van der Waals surface area contributed by atoms with Crippen LogP contribution in [0.1, 0.15) is 32.1 Å². The third kappa shape index (κ3) is 1.85. The predicted molar refractivity (Wildman–Crippen MR) is 47.5 cm³/mol. The molecule has 3 heteroatoms. The van der Waals surface area contributed by atoms with Crippen molar-refractivity contribution in [3.63, 3.8) is 0 Å². The highest BCUT2D eigenvalue weighted by atomic mass is 16.5. The van der Waals surface area contributed by atoms with Gasteiger partial charge in [-0.25, -0.2) is 0 Å². The van der Waals surface area contributed by atoms with Crippen LogP contribution in [-0.2, 0) is 9.53 Å². The zero-order valence-corrected chi connectivity index (χ0v) is 7.79. The lowest BCUT2D eigenvalue weighted by Gasteiger charge is -2.22. The van der Waals surface area contributed by atoms with Crippen molar-refractivity contribution in [2.45, 2.75) is 32.1 Å². The fourth-order valence-corrected chi connectivity index (χ4v) is 2.49. The Morgan fingerprint density at radius 3 is 3.08 bits per heavy atom. The Bertz CT molecular complexity index is 206. The van der Waals surface area contributed by atoms with E-state index in [0.29, 0.717) is 17.8 Å². The molecule has 2 atom stereocenters. The standard InChI is InChI=1S/C10H16O3/c11-9(12)3-2-8-6-10(8)4-1-5-13-7-10/h8H,1-7H2,(H,11,12). The van der Waals surface area contributed by atoms with Crippen molar-refractivity contribution in [1.29, 1.82) is 0 Å². The lowest BCUT2D eigenvalue weighted by Crippen LogP contribution is -2.20. The van der Waals surface area contributed by atoms with Gasteiger partial charge in [0.25, 0.3) is 0 Å². The lowest BCUT2D eigenvalue weighted by atomic mass is 9.94. The second-order valence-electron chi connectivity index (χ2n) is 4.35. The largest absolute Gasteiger partial charge is 0.481 e. The van der Waals surface area contributed by atoms with Crippen molar-refractivity contribution >= 4 is 5.97 Å². The van der Waals surface area contributed by atoms with Crippen molar-refractivity contribution in [3.05, 3.63) is 0 Å². The van der Waals surface area contributed by atoms with Crippen LogP contribution in [0.2, 0.25) is 0 Å². The minimum Gasteiger partial charge on any atom is -0.481 e. The van der Waals surface area contributed by atoms with Crippen LogP contribution in [0.3, 0.4) is 0 Å². The van der Waals surface area contributed by atoms with Gasteiger partial charge in [0, 0.05) is 13.0 Å². The second-order valence-corrected chi connectivity index (χ2v) is 4.35. The summed E-state index contributed by atoms with van der Waals surface area (Å²) in [6, 6.07) is 0. The highest BCUT2D eigenvalue weighted by Crippen LogP contribution is 2.59. The van der Waals surface area contributed by atoms with Crippen LogP contribution in [0, 0.1) is 11.3 Å². The van der Waals surface area contributed by atoms with Crippen LogP contribution in [0.15, 0.2) is 0 Å². The second kappa shape index (κ2) is 3.29. The molecule has 0 aromatic rings. The average Bonchev–Trinajstić information content (AvgIpc) is 2.77. The molecule has 0 aromatic heterocycles. The van der Waals surface area contributed by atoms with Gasteiger partial charge >= 0.3 is 5.97 Å². The number of rotatable bonds is 3. The predicted octanol–water partition coefficient (Wildman–Crippen LogP) is 1.67. The normalized spacial score (nSPS) is 37.7. The molecule has 13 heavy (non-hydrogen) atoms. The van der Waals surface area contributed by atoms with E-state index >= 15 is 0 Å². The third-order valence-electron chi connectivity index (χ3n) is 3.42. The molecule has 0 amide bonds. The van der Waals surface area contributed by atoms with Crippen LogP contribution in [-0.4, -0.2) is 24.3 Å². The first kappa shape index (κ1) is 9.00. The SMILES string of the molecule is O=C(O)CCC1CC12CCCOC2. The van der Waals surface area contributed by atoms with Crippen LogP contribution >= 0.6 is 0 Å². The maximum absolute atomic E-state index is 10.4. The number of carboxylic acid groups (broad SMARTS) is 1. The molecule has 1 saturated heterocycles. The fourth-order valence-electron chi connectivity index (χ4n) is 2.49. The number of carbonyl (C=O) groups is 1. The van der Waals surface area contributed by atoms with Crippen molar-refractivity contribution in [3.8, 4) is 0 Å². The van der Waals surface area contributed by atoms with Gasteiger partial charge in [0.05, 0.1) is 6.61 Å². The Labute approximate surface area is 78.1 Å². The third-order valence-corrected chi connectivity index (χ3v) is 3.42. The van der Waals surface area contributed by atoms with E-state index in [1.807, 2.05) is 0 Å². The summed E-state index contributed by atoms with van der Waals surface area (Å²) in [7, 11) is 0. The van der Waals surface area contributed by atoms with Gasteiger partial charge in [0.2, 0.25) is 0 Å². The lowest BCUT2D eigenvalue weighted by molar-refractivity contribution is -0.137. The van der Waals surface area contributed by atoms with E-state index in [9.17, 15) is 4.79 Å². The van der Waals surface area contributed by atoms with Gasteiger partial charge < -0.3 is 9.84 Å². The molecule has 3 nitrogen and oxygen atoms in total. The molecule has 1 aliphatic heterocycles. The van der Waals surface area contributed by atoms with Crippen LogP contribution in [0.4, 0.5) is 0 Å². The quantitative estimate of drug-likeness (QED) is 0.725. The maximum Gasteiger partial charge on any atom is 0.303 e. The van der Waals surface area contributed by atoms with Gasteiger partial charge in [-0.3, -0.25) is 4.79 Å². The first-order chi connectivity index (χ1) is 6.23. The molecule has 1 N–H and O–H groups in total. The summed E-state index contributed by atoms with van der Waals surface area (Å²) in [5.41, 5.74) is 0.397. The minimum atomic E-state index is -0.668. The monoisotopic (exact) mass is 184 g/mol. The highest BCUT2D eigenvalue weighted by Gasteiger charge is 2.53. The summed E-state index contributed by atoms with van der Waals surface area (Å²) in [5, 5.41) is 8.55. The average molecular weight is 184 g/mol. The number of ether oxygens (including phenoxy) is 1. The van der Waals surface area contributed by atoms with Gasteiger partial charge in [-0.2, -0.15) is 0 Å². The number of carboxylic acids is 1. The Kier molecular flexibility index (Phi) is 2.28. The van der Waals surface area contributed by atoms with E-state index in [1.165, 1.54) is 12.8 Å². The molecule has 1 aliphatic carbocycles. The van der Waals surface area contributed by atoms with E-state index < -0.39 is 5.97 Å². The topological polar surface area (TPSA) is 46.5 Å². The Hall–Kier alpha value is -0.570. The first-order valence-electron chi connectivity index (χ1n) is 5.02. The molecular weight excluding hydrogens is 168 g/mol. The van der Waals surface area contributed by atoms with Crippen LogP contribution < -0.4 is 0 Å². The summed E-state index contributed by atoms with van der Waals surface area (Å²) in [4.78, 5) is 10.4. The molecule has 2 aliphatic rings. The van der Waals surface area contributed by atoms with Gasteiger partial charge in [0.1, 0.15) is 0 Å². The number of hydrogen-bond acceptors (Lipinski definition) is 2. The van der Waals surface area contributed by atoms with Crippen molar-refractivity contribution in [2.24, 2.45) is 11.3 Å². The molecule has 2 fully saturated rings. The van der Waals surface area contributed by atoms with Crippen molar-refractivity contribution < 1.29 is 14.6 Å². The molecule has 2 rings (SSSR count). The summed E-state index contributed by atoms with van der Waals surface area (Å²) < 4.78 is 5.44. The van der Waals surface area contributed by atoms with Crippen LogP contribution in [0.25, 0.3) is 0 Å². The van der Waals surface area contributed by atoms with Crippen molar-refractivity contribution in [1.82, 2.24) is 0 Å². The van der Waals surface area contributed by atoms with E-state index in [1.54, 1.807) is 0 Å². The van der Waals surface area contributed by atoms with E-state index in [-0.39, 0.29) is 0 Å². The Balaban J connectivity index is 1.76. The van der Waals surface area contributed by atoms with E-state index in [2.05, 4.69) is 0 Å². The first-order valence-corrected chi connectivity index (χ1v) is 5.02. The van der Waals surface area contributed by atoms with Gasteiger partial charge in [-0.15, -0.1) is 0 Å². The van der Waals surface area contributed by atoms with Gasteiger partial charge in [-0.05, 0) is 37.0 Å². The summed E-state index contributed by atoms with van der Waals surface area (Å²) in [5.74, 6) is -0.0392. The smallest absolute Gasteiger partial charge is 0.303 e. The van der Waals surface area contributed by atoms with Gasteiger partial charge in [0.15, 0.2) is 0 Å². The molecule has 74 valence electrons. The molecule has 0 bridgehead atoms. The zero-order chi connectivity index (χ0) is 9.31. The molecule has 0 aromatic carbocycles. The van der Waals surface area contributed by atoms with Crippen molar-refractivity contribution in [2.75, 3.05) is 13.2 Å². The molecular formula is C10H16O3. The highest BCUT2D eigenvalue weighted by molar-refractivity contribution is 5.66. The van der Waals surface area contributed by atoms with Gasteiger partial charge in [-0.1, -0.05) is 0 Å². The maximum atomic E-state index is 10.4. The Morgan fingerprint density at radius 1 is 1.62 bits per heavy atom. The molecule has 2 unspecified atom stereocenters. The molecule has 1 spiro atoms. The van der Waals surface area contributed by atoms with E-state index in [0.717, 1.165) is 26.1 Å². The fraction of sp³-hybridized carbons (Fsp3) is 0.900. The number of hydrogen-bond donors (Lipinski definition) is 1. The van der Waals surface area contributed by atoms with E-state index in [4.69, 9.17) is 9.84 Å². The summed E-state index contributed by atoms with van der Waals surface area (Å²) in [6.07, 6.45) is 4.77. The molecule has 0 radical (unpaired) electrons. The molecule has 1 saturated carbocycles. The Morgan fingerprint density at radius 2 is 2.46 bits per heavy atom. The van der Waals surface area contributed by atoms with Crippen LogP contribution in [0.5, 0.6) is 0 Å². The minimum absolute atomic E-state index is 0.326. The summed E-state index contributed by atoms with van der Waals surface area (Å²) >= 11 is 0. The summed E-state index contributed by atoms with van der Waals surface area (Å²) in [6.45, 7) is 1.77. The molecule has 1 heterocycles.